The molecule has 3 aliphatic carbocycles. The van der Waals surface area contributed by atoms with Crippen LogP contribution in [0.4, 0.5) is 0 Å². The number of carbonyl (C=O) groups excluding carboxylic acids is 1. The van der Waals surface area contributed by atoms with Crippen LogP contribution in [0.2, 0.25) is 0 Å². The molecule has 4 nitrogen and oxygen atoms in total. The van der Waals surface area contributed by atoms with Crippen molar-refractivity contribution in [1.29, 1.82) is 0 Å². The molecular weight excluding hydrogens is 326 g/mol. The van der Waals surface area contributed by atoms with Crippen LogP contribution in [0.1, 0.15) is 51.0 Å². The lowest BCUT2D eigenvalue weighted by atomic mass is 9.49. The minimum Gasteiger partial charge on any atom is -0.496 e. The van der Waals surface area contributed by atoms with E-state index in [1.54, 1.807) is 7.11 Å². The Morgan fingerprint density at radius 1 is 1.35 bits per heavy atom. The first-order chi connectivity index (χ1) is 13.0. The summed E-state index contributed by atoms with van der Waals surface area (Å²) in [6.45, 7) is 2.14. The maximum absolute atomic E-state index is 12.7. The molecule has 1 saturated heterocycles. The van der Waals surface area contributed by atoms with E-state index < -0.39 is 0 Å². The smallest absolute Gasteiger partial charge is 0.134 e. The van der Waals surface area contributed by atoms with E-state index in [-0.39, 0.29) is 17.1 Å². The summed E-state index contributed by atoms with van der Waals surface area (Å²) in [5, 5.41) is 0. The number of Topliss-reactive ketones (excluding diaryl/α,β-unsaturated/α-hetero) is 1. The van der Waals surface area contributed by atoms with Crippen LogP contribution in [0.25, 0.3) is 0 Å². The number of piperidine rings is 1. The summed E-state index contributed by atoms with van der Waals surface area (Å²) in [6, 6.07) is 4.58. The number of nitrogens with zero attached hydrogens (tertiary/aromatic N) is 1. The van der Waals surface area contributed by atoms with Crippen molar-refractivity contribution in [3.05, 3.63) is 29.3 Å². The van der Waals surface area contributed by atoms with E-state index in [0.717, 1.165) is 55.1 Å². The van der Waals surface area contributed by atoms with E-state index in [9.17, 15) is 4.79 Å². The van der Waals surface area contributed by atoms with Crippen molar-refractivity contribution in [3.63, 3.8) is 0 Å². The van der Waals surface area contributed by atoms with Crippen molar-refractivity contribution in [1.82, 2.24) is 4.90 Å². The Bertz CT molecular complexity index is 792. The Labute approximate surface area is 157 Å². The molecule has 2 saturated carbocycles. The summed E-state index contributed by atoms with van der Waals surface area (Å²) < 4.78 is 20.8. The van der Waals surface area contributed by atoms with Gasteiger partial charge >= 0.3 is 0 Å². The average molecular weight is 357 g/mol. The zero-order valence-corrected chi connectivity index (χ0v) is 15.8. The molecule has 26 heavy (non-hydrogen) atoms. The van der Waals surface area contributed by atoms with Crippen LogP contribution < -0.4 is 4.74 Å². The van der Waals surface area contributed by atoms with Crippen LogP contribution in [0.3, 0.4) is 0 Å². The SMILES string of the molecule is [3H]c1ccc(OC)c2c1C[C@@H]1N(CC3CC3)CC[C@]23CC(=O)CC[C@@]13OC. The Kier molecular flexibility index (Phi) is 3.49. The van der Waals surface area contributed by atoms with Crippen molar-refractivity contribution in [2.45, 2.75) is 62.0 Å². The number of ketones is 1. The normalized spacial score (nSPS) is 36.9. The molecule has 3 atom stereocenters. The van der Waals surface area contributed by atoms with Gasteiger partial charge in [0.1, 0.15) is 11.5 Å². The minimum atomic E-state index is -0.363. The second-order valence-corrected chi connectivity index (χ2v) is 8.70. The molecule has 0 spiro atoms. The number of likely N-dealkylation sites (tertiary alicyclic amines) is 1. The summed E-state index contributed by atoms with van der Waals surface area (Å²) in [4.78, 5) is 15.3. The van der Waals surface area contributed by atoms with Gasteiger partial charge in [-0.3, -0.25) is 9.69 Å². The molecule has 1 heterocycles. The lowest BCUT2D eigenvalue weighted by molar-refractivity contribution is -0.188. The van der Waals surface area contributed by atoms with Gasteiger partial charge in [0.25, 0.3) is 0 Å². The largest absolute Gasteiger partial charge is 0.496 e. The van der Waals surface area contributed by atoms with Gasteiger partial charge in [-0.25, -0.2) is 0 Å². The van der Waals surface area contributed by atoms with Crippen LogP contribution in [-0.4, -0.2) is 49.6 Å². The van der Waals surface area contributed by atoms with E-state index in [1.807, 2.05) is 19.2 Å². The second-order valence-electron chi connectivity index (χ2n) is 8.70. The summed E-state index contributed by atoms with van der Waals surface area (Å²) in [5.74, 6) is 1.97. The molecular formula is C22H29NO3. The van der Waals surface area contributed by atoms with Crippen molar-refractivity contribution in [2.24, 2.45) is 5.92 Å². The van der Waals surface area contributed by atoms with Gasteiger partial charge < -0.3 is 9.47 Å². The van der Waals surface area contributed by atoms with E-state index >= 15 is 0 Å². The fourth-order valence-corrected chi connectivity index (χ4v) is 6.28. The maximum atomic E-state index is 12.7. The van der Waals surface area contributed by atoms with E-state index in [2.05, 4.69) is 4.90 Å². The molecule has 0 aromatic heterocycles. The number of methoxy groups -OCH3 is 2. The number of hydrogen-bond acceptors (Lipinski definition) is 4. The molecule has 0 amide bonds. The molecule has 140 valence electrons. The third-order valence-electron chi connectivity index (χ3n) is 7.58. The summed E-state index contributed by atoms with van der Waals surface area (Å²) in [7, 11) is 3.53. The summed E-state index contributed by atoms with van der Waals surface area (Å²) in [5.41, 5.74) is 1.44. The topological polar surface area (TPSA) is 38.8 Å². The average Bonchev–Trinajstić information content (AvgIpc) is 3.48. The molecule has 0 N–H and O–H groups in total. The van der Waals surface area contributed by atoms with Crippen LogP contribution in [0.5, 0.6) is 5.75 Å². The second kappa shape index (κ2) is 5.80. The Balaban J connectivity index is 1.73. The molecule has 5 rings (SSSR count). The lowest BCUT2D eigenvalue weighted by Crippen LogP contribution is -2.74. The van der Waals surface area contributed by atoms with Gasteiger partial charge in [0.2, 0.25) is 0 Å². The number of hydrogen-bond donors (Lipinski definition) is 0. The molecule has 3 fully saturated rings. The lowest BCUT2D eigenvalue weighted by Gasteiger charge is -2.65. The van der Waals surface area contributed by atoms with Crippen LogP contribution in [0.15, 0.2) is 18.2 Å². The third-order valence-corrected chi connectivity index (χ3v) is 7.58. The molecule has 4 aliphatic rings. The van der Waals surface area contributed by atoms with Crippen molar-refractivity contribution >= 4 is 5.78 Å². The highest BCUT2D eigenvalue weighted by atomic mass is 16.5. The molecule has 1 aromatic carbocycles. The first-order valence-corrected chi connectivity index (χ1v) is 10.0. The number of fused-ring (bicyclic) bond motifs is 1. The highest BCUT2D eigenvalue weighted by Gasteiger charge is 2.66. The van der Waals surface area contributed by atoms with Gasteiger partial charge in [0.05, 0.1) is 14.1 Å². The molecule has 0 radical (unpaired) electrons. The fraction of sp³-hybridized carbons (Fsp3) is 0.682. The van der Waals surface area contributed by atoms with Gasteiger partial charge in [0.15, 0.2) is 0 Å². The molecule has 1 aliphatic heterocycles. The number of benzene rings is 1. The van der Waals surface area contributed by atoms with Gasteiger partial charge in [-0.15, -0.1) is 0 Å². The predicted octanol–water partition coefficient (Wildman–Crippen LogP) is 3.11. The van der Waals surface area contributed by atoms with Gasteiger partial charge in [-0.05, 0) is 56.2 Å². The van der Waals surface area contributed by atoms with Crippen molar-refractivity contribution < 1.29 is 15.6 Å². The summed E-state index contributed by atoms with van der Waals surface area (Å²) >= 11 is 0. The first kappa shape index (κ1) is 15.6. The number of rotatable bonds is 4. The van der Waals surface area contributed by atoms with E-state index in [4.69, 9.17) is 10.8 Å². The minimum absolute atomic E-state index is 0.244. The molecule has 1 aromatic rings. The Morgan fingerprint density at radius 3 is 2.92 bits per heavy atom. The van der Waals surface area contributed by atoms with Crippen LogP contribution in [-0.2, 0) is 21.4 Å². The quantitative estimate of drug-likeness (QED) is 0.830. The van der Waals surface area contributed by atoms with Gasteiger partial charge in [-0.2, -0.15) is 0 Å². The zero-order chi connectivity index (χ0) is 18.8. The standard InChI is InChI=1S/C22H29NO3/c1-25-18-5-3-4-16-12-19-22(26-2)9-8-17(24)13-21(22,20(16)18)10-11-23(19)14-15-6-7-15/h3-5,15,19H,6-14H2,1-2H3/t19-,21-,22+/m0/s1/i4T. The molecule has 4 heteroatoms. The Hall–Kier alpha value is -1.39. The summed E-state index contributed by atoms with van der Waals surface area (Å²) in [6.07, 6.45) is 6.29. The van der Waals surface area contributed by atoms with Gasteiger partial charge in [-0.1, -0.05) is 12.1 Å². The highest BCUT2D eigenvalue weighted by molar-refractivity contribution is 5.83. The van der Waals surface area contributed by atoms with Crippen LogP contribution in [0, 0.1) is 5.92 Å². The van der Waals surface area contributed by atoms with Crippen LogP contribution >= 0.6 is 0 Å². The molecule has 2 bridgehead atoms. The third kappa shape index (κ3) is 2.12. The predicted molar refractivity (Wildman–Crippen MR) is 99.7 cm³/mol. The van der Waals surface area contributed by atoms with E-state index in [1.165, 1.54) is 12.8 Å². The number of ether oxygens (including phenoxy) is 2. The zero-order valence-electron chi connectivity index (χ0n) is 16.8. The first-order valence-electron chi connectivity index (χ1n) is 10.5. The monoisotopic (exact) mass is 357 g/mol. The Morgan fingerprint density at radius 2 is 2.19 bits per heavy atom. The number of carbonyl (C=O) groups is 1. The highest BCUT2D eigenvalue weighted by Crippen LogP contribution is 2.61. The maximum Gasteiger partial charge on any atom is 0.134 e. The van der Waals surface area contributed by atoms with Crippen molar-refractivity contribution in [2.75, 3.05) is 27.3 Å². The van der Waals surface area contributed by atoms with Gasteiger partial charge in [0, 0.05) is 43.5 Å². The van der Waals surface area contributed by atoms with E-state index in [0.29, 0.717) is 24.7 Å². The molecule has 0 unspecified atom stereocenters. The van der Waals surface area contributed by atoms with Crippen molar-refractivity contribution in [3.8, 4) is 5.75 Å². The fourth-order valence-electron chi connectivity index (χ4n) is 6.28.